The highest BCUT2D eigenvalue weighted by atomic mass is 16.5. The maximum Gasteiger partial charge on any atom is 0.258 e. The molecule has 138 valence electrons. The van der Waals surface area contributed by atoms with Crippen LogP contribution in [0.4, 0.5) is 5.95 Å². The summed E-state index contributed by atoms with van der Waals surface area (Å²) in [6.07, 6.45) is 0. The minimum atomic E-state index is -0.433. The lowest BCUT2D eigenvalue weighted by Gasteiger charge is -2.06. The van der Waals surface area contributed by atoms with Crippen molar-refractivity contribution < 1.29 is 14.3 Å². The molecule has 0 saturated heterocycles. The molecule has 0 spiro atoms. The minimum absolute atomic E-state index is 0.144. The number of amides is 2. The van der Waals surface area contributed by atoms with E-state index in [9.17, 15) is 9.59 Å². The summed E-state index contributed by atoms with van der Waals surface area (Å²) in [5, 5.41) is 11.7. The molecule has 2 aromatic carbocycles. The highest BCUT2D eigenvalue weighted by molar-refractivity contribution is 5.93. The Morgan fingerprint density at radius 1 is 1.04 bits per heavy atom. The van der Waals surface area contributed by atoms with Crippen LogP contribution in [0.1, 0.15) is 5.56 Å². The first-order valence-electron chi connectivity index (χ1n) is 8.34. The Kier molecular flexibility index (Phi) is 5.78. The van der Waals surface area contributed by atoms with Crippen molar-refractivity contribution >= 4 is 17.8 Å². The standard InChI is InChI=1S/C19H19N5O3/c1-13-7-9-14(10-8-13)18-22-19(24-23-18)21-16(25)11-20-17(26)12-27-15-5-3-2-4-6-15/h2-10H,11-12H2,1H3,(H,20,26)(H2,21,22,23,24,25). The van der Waals surface area contributed by atoms with E-state index in [1.165, 1.54) is 0 Å². The number of carbonyl (C=O) groups is 2. The fourth-order valence-corrected chi connectivity index (χ4v) is 2.22. The van der Waals surface area contributed by atoms with Crippen LogP contribution in [0.25, 0.3) is 11.4 Å². The van der Waals surface area contributed by atoms with Gasteiger partial charge in [-0.15, -0.1) is 5.10 Å². The second kappa shape index (κ2) is 8.61. The van der Waals surface area contributed by atoms with Crippen molar-refractivity contribution in [2.24, 2.45) is 0 Å². The average molecular weight is 365 g/mol. The third-order valence-electron chi connectivity index (χ3n) is 3.62. The first-order valence-corrected chi connectivity index (χ1v) is 8.34. The number of nitrogens with zero attached hydrogens (tertiary/aromatic N) is 2. The number of nitrogens with one attached hydrogen (secondary N) is 3. The Morgan fingerprint density at radius 3 is 2.52 bits per heavy atom. The molecule has 8 heteroatoms. The third kappa shape index (κ3) is 5.40. The number of para-hydroxylation sites is 1. The first-order chi connectivity index (χ1) is 13.1. The Morgan fingerprint density at radius 2 is 1.78 bits per heavy atom. The summed E-state index contributed by atoms with van der Waals surface area (Å²) >= 11 is 0. The summed E-state index contributed by atoms with van der Waals surface area (Å²) in [5.41, 5.74) is 2.00. The number of ether oxygens (including phenoxy) is 1. The summed E-state index contributed by atoms with van der Waals surface area (Å²) in [7, 11) is 0. The summed E-state index contributed by atoms with van der Waals surface area (Å²) in [5.74, 6) is 0.444. The van der Waals surface area contributed by atoms with Gasteiger partial charge in [0.25, 0.3) is 5.91 Å². The van der Waals surface area contributed by atoms with Crippen LogP contribution < -0.4 is 15.4 Å². The van der Waals surface area contributed by atoms with E-state index in [4.69, 9.17) is 4.74 Å². The van der Waals surface area contributed by atoms with Crippen LogP contribution in [-0.2, 0) is 9.59 Å². The molecule has 2 amide bonds. The largest absolute Gasteiger partial charge is 0.484 e. The van der Waals surface area contributed by atoms with Crippen LogP contribution in [0.2, 0.25) is 0 Å². The summed E-state index contributed by atoms with van der Waals surface area (Å²) in [4.78, 5) is 27.9. The molecule has 0 aliphatic carbocycles. The fourth-order valence-electron chi connectivity index (χ4n) is 2.22. The number of anilines is 1. The Hall–Kier alpha value is -3.68. The van der Waals surface area contributed by atoms with E-state index >= 15 is 0 Å². The number of H-pyrrole nitrogens is 1. The van der Waals surface area contributed by atoms with Gasteiger partial charge < -0.3 is 10.1 Å². The van der Waals surface area contributed by atoms with Gasteiger partial charge in [0.2, 0.25) is 11.9 Å². The van der Waals surface area contributed by atoms with E-state index < -0.39 is 11.8 Å². The monoisotopic (exact) mass is 365 g/mol. The number of aryl methyl sites for hydroxylation is 1. The van der Waals surface area contributed by atoms with E-state index in [-0.39, 0.29) is 19.1 Å². The molecule has 1 aromatic heterocycles. The quantitative estimate of drug-likeness (QED) is 0.593. The number of hydrogen-bond donors (Lipinski definition) is 3. The van der Waals surface area contributed by atoms with Gasteiger partial charge in [0.15, 0.2) is 12.4 Å². The molecule has 0 radical (unpaired) electrons. The normalized spacial score (nSPS) is 10.3. The highest BCUT2D eigenvalue weighted by Crippen LogP contribution is 2.16. The van der Waals surface area contributed by atoms with Gasteiger partial charge in [0.1, 0.15) is 5.75 Å². The molecular weight excluding hydrogens is 346 g/mol. The van der Waals surface area contributed by atoms with Crippen molar-refractivity contribution in [3.63, 3.8) is 0 Å². The minimum Gasteiger partial charge on any atom is -0.484 e. The van der Waals surface area contributed by atoms with E-state index in [1.807, 2.05) is 49.4 Å². The predicted octanol–water partition coefficient (Wildman–Crippen LogP) is 1.91. The van der Waals surface area contributed by atoms with E-state index in [0.717, 1.165) is 11.1 Å². The molecule has 0 unspecified atom stereocenters. The first kappa shape index (κ1) is 18.1. The number of benzene rings is 2. The van der Waals surface area contributed by atoms with Crippen molar-refractivity contribution in [3.05, 3.63) is 60.2 Å². The Bertz CT molecular complexity index is 907. The lowest BCUT2D eigenvalue weighted by atomic mass is 10.1. The van der Waals surface area contributed by atoms with Crippen LogP contribution in [-0.4, -0.2) is 40.1 Å². The van der Waals surface area contributed by atoms with E-state index in [2.05, 4.69) is 25.8 Å². The molecule has 0 atom stereocenters. The lowest BCUT2D eigenvalue weighted by Crippen LogP contribution is -2.35. The van der Waals surface area contributed by atoms with Crippen molar-refractivity contribution in [3.8, 4) is 17.1 Å². The van der Waals surface area contributed by atoms with Crippen LogP contribution >= 0.6 is 0 Å². The zero-order valence-electron chi connectivity index (χ0n) is 14.7. The van der Waals surface area contributed by atoms with E-state index in [0.29, 0.717) is 11.6 Å². The average Bonchev–Trinajstić information content (AvgIpc) is 3.14. The van der Waals surface area contributed by atoms with Gasteiger partial charge in [-0.2, -0.15) is 4.98 Å². The zero-order valence-corrected chi connectivity index (χ0v) is 14.7. The molecule has 0 saturated carbocycles. The molecule has 3 rings (SSSR count). The maximum absolute atomic E-state index is 11.9. The molecule has 0 fully saturated rings. The lowest BCUT2D eigenvalue weighted by molar-refractivity contribution is -0.125. The predicted molar refractivity (Wildman–Crippen MR) is 100 cm³/mol. The van der Waals surface area contributed by atoms with Crippen LogP contribution in [0.3, 0.4) is 0 Å². The molecule has 0 aliphatic heterocycles. The van der Waals surface area contributed by atoms with Gasteiger partial charge in [-0.3, -0.25) is 20.0 Å². The van der Waals surface area contributed by atoms with Crippen LogP contribution in [0, 0.1) is 6.92 Å². The zero-order chi connectivity index (χ0) is 19.1. The van der Waals surface area contributed by atoms with Crippen LogP contribution in [0.15, 0.2) is 54.6 Å². The molecule has 1 heterocycles. The van der Waals surface area contributed by atoms with Gasteiger partial charge in [-0.25, -0.2) is 0 Å². The van der Waals surface area contributed by atoms with Crippen molar-refractivity contribution in [1.82, 2.24) is 20.5 Å². The van der Waals surface area contributed by atoms with Crippen LogP contribution in [0.5, 0.6) is 5.75 Å². The smallest absolute Gasteiger partial charge is 0.258 e. The number of rotatable bonds is 7. The van der Waals surface area contributed by atoms with E-state index in [1.54, 1.807) is 12.1 Å². The highest BCUT2D eigenvalue weighted by Gasteiger charge is 2.10. The van der Waals surface area contributed by atoms with Crippen molar-refractivity contribution in [2.45, 2.75) is 6.92 Å². The molecule has 3 aromatic rings. The van der Waals surface area contributed by atoms with Gasteiger partial charge in [0, 0.05) is 5.56 Å². The summed E-state index contributed by atoms with van der Waals surface area (Å²) < 4.78 is 5.31. The summed E-state index contributed by atoms with van der Waals surface area (Å²) in [6.45, 7) is 1.62. The Labute approximate surface area is 156 Å². The SMILES string of the molecule is Cc1ccc(-c2nc(NC(=O)CNC(=O)COc3ccccc3)n[nH]2)cc1. The van der Waals surface area contributed by atoms with Gasteiger partial charge in [-0.1, -0.05) is 48.0 Å². The van der Waals surface area contributed by atoms with Crippen molar-refractivity contribution in [2.75, 3.05) is 18.5 Å². The van der Waals surface area contributed by atoms with Gasteiger partial charge in [0.05, 0.1) is 6.54 Å². The summed E-state index contributed by atoms with van der Waals surface area (Å²) in [6, 6.07) is 16.7. The number of hydrogen-bond acceptors (Lipinski definition) is 5. The third-order valence-corrected chi connectivity index (χ3v) is 3.62. The van der Waals surface area contributed by atoms with Crippen molar-refractivity contribution in [1.29, 1.82) is 0 Å². The molecular formula is C19H19N5O3. The number of carbonyl (C=O) groups excluding carboxylic acids is 2. The molecule has 8 nitrogen and oxygen atoms in total. The van der Waals surface area contributed by atoms with Gasteiger partial charge >= 0.3 is 0 Å². The molecule has 0 aliphatic rings. The maximum atomic E-state index is 11.9. The van der Waals surface area contributed by atoms with Gasteiger partial charge in [-0.05, 0) is 19.1 Å². The topological polar surface area (TPSA) is 109 Å². The fraction of sp³-hybridized carbons (Fsp3) is 0.158. The number of aromatic amines is 1. The molecule has 0 bridgehead atoms. The second-order valence-corrected chi connectivity index (χ2v) is 5.80. The number of aromatic nitrogens is 3. The second-order valence-electron chi connectivity index (χ2n) is 5.80. The Balaban J connectivity index is 1.44. The molecule has 3 N–H and O–H groups in total. The molecule has 27 heavy (non-hydrogen) atoms.